The van der Waals surface area contributed by atoms with Crippen LogP contribution in [-0.4, -0.2) is 142 Å². The highest BCUT2D eigenvalue weighted by Gasteiger charge is 2.47. The Kier molecular flexibility index (Phi) is 36.0. The molecule has 0 aromatic heterocycles. The van der Waals surface area contributed by atoms with Crippen LogP contribution in [0.15, 0.2) is 85.1 Å². The van der Waals surface area contributed by atoms with Crippen LogP contribution < -0.4 is 0 Å². The van der Waals surface area contributed by atoms with E-state index in [0.717, 1.165) is 89.9 Å². The van der Waals surface area contributed by atoms with E-state index in [-0.39, 0.29) is 19.6 Å². The lowest BCUT2D eigenvalue weighted by atomic mass is 9.98. The smallest absolute Gasteiger partial charge is 0.306 e. The van der Waals surface area contributed by atoms with Crippen LogP contribution in [0.2, 0.25) is 0 Å². The second-order valence-electron chi connectivity index (χ2n) is 17.3. The van der Waals surface area contributed by atoms with Gasteiger partial charge >= 0.3 is 5.97 Å². The van der Waals surface area contributed by atoms with Gasteiger partial charge in [-0.15, -0.1) is 0 Å². The third-order valence-corrected chi connectivity index (χ3v) is 11.4. The molecule has 0 aromatic carbocycles. The van der Waals surface area contributed by atoms with Gasteiger partial charge in [-0.3, -0.25) is 4.79 Å². The monoisotopic (exact) mass is 949 g/mol. The molecule has 11 unspecified atom stereocenters. The highest BCUT2D eigenvalue weighted by molar-refractivity contribution is 5.69. The number of allylic oxidation sites excluding steroid dienone is 14. The molecule has 0 amide bonds. The maximum absolute atomic E-state index is 13.0. The summed E-state index contributed by atoms with van der Waals surface area (Å²) in [7, 11) is 0. The van der Waals surface area contributed by atoms with Gasteiger partial charge in [0.25, 0.3) is 0 Å². The van der Waals surface area contributed by atoms with Crippen molar-refractivity contribution < 1.29 is 69.0 Å². The van der Waals surface area contributed by atoms with Crippen LogP contribution in [0.1, 0.15) is 142 Å². The van der Waals surface area contributed by atoms with Crippen molar-refractivity contribution in [3.05, 3.63) is 85.1 Å². The van der Waals surface area contributed by atoms with Gasteiger partial charge in [0.1, 0.15) is 54.9 Å². The van der Waals surface area contributed by atoms with Crippen LogP contribution in [0.4, 0.5) is 0 Å². The van der Waals surface area contributed by atoms with Crippen LogP contribution in [-0.2, 0) is 33.2 Å². The van der Waals surface area contributed by atoms with Gasteiger partial charge in [0.05, 0.1) is 26.4 Å². The largest absolute Gasteiger partial charge is 0.457 e. The SMILES string of the molecule is CC/C=C\C/C=C\C/C=C\C/C=C\CCCOCC(COC1OC(COC2OC(CO)C(O)C(O)C2O)C(O)C(O)C1O)OC(=O)CCCCCCCC/C=C\C/C=C\C/C=C\CCCCC. The fraction of sp³-hybridized carbons (Fsp3) is 0.717. The molecular formula is C53H88O14. The topological polar surface area (TPSA) is 214 Å². The van der Waals surface area contributed by atoms with E-state index in [9.17, 15) is 40.5 Å². The van der Waals surface area contributed by atoms with Gasteiger partial charge in [-0.1, -0.05) is 137 Å². The molecule has 0 bridgehead atoms. The molecule has 14 nitrogen and oxygen atoms in total. The number of ether oxygens (including phenoxy) is 6. The van der Waals surface area contributed by atoms with Crippen molar-refractivity contribution in [3.8, 4) is 0 Å². The van der Waals surface area contributed by atoms with Crippen molar-refractivity contribution >= 4 is 5.97 Å². The Balaban J connectivity index is 1.80. The molecule has 384 valence electrons. The van der Waals surface area contributed by atoms with Gasteiger partial charge < -0.3 is 64.2 Å². The quantitative estimate of drug-likeness (QED) is 0.0184. The molecule has 0 aromatic rings. The zero-order chi connectivity index (χ0) is 48.7. The molecule has 0 radical (unpaired) electrons. The summed E-state index contributed by atoms with van der Waals surface area (Å²) in [6.45, 7) is 3.35. The van der Waals surface area contributed by atoms with E-state index in [1.165, 1.54) is 25.7 Å². The lowest BCUT2D eigenvalue weighted by Crippen LogP contribution is -2.61. The van der Waals surface area contributed by atoms with Crippen molar-refractivity contribution in [3.63, 3.8) is 0 Å². The van der Waals surface area contributed by atoms with E-state index in [0.29, 0.717) is 13.0 Å². The summed E-state index contributed by atoms with van der Waals surface area (Å²) in [5, 5.41) is 72.1. The summed E-state index contributed by atoms with van der Waals surface area (Å²) in [6.07, 6.45) is 33.7. The molecule has 0 spiro atoms. The number of aliphatic hydroxyl groups is 7. The minimum atomic E-state index is -1.72. The molecule has 0 aliphatic carbocycles. The molecule has 2 rings (SSSR count). The molecule has 14 heteroatoms. The predicted octanol–water partition coefficient (Wildman–Crippen LogP) is 7.29. The van der Waals surface area contributed by atoms with E-state index >= 15 is 0 Å². The Hall–Kier alpha value is -2.83. The first kappa shape index (κ1) is 60.3. The lowest BCUT2D eigenvalue weighted by Gasteiger charge is -2.42. The predicted molar refractivity (Wildman–Crippen MR) is 261 cm³/mol. The maximum Gasteiger partial charge on any atom is 0.306 e. The highest BCUT2D eigenvalue weighted by atomic mass is 16.7. The Morgan fingerprint density at radius 1 is 0.507 bits per heavy atom. The summed E-state index contributed by atoms with van der Waals surface area (Å²) in [5.74, 6) is -0.412. The van der Waals surface area contributed by atoms with Crippen molar-refractivity contribution in [1.29, 1.82) is 0 Å². The number of hydrogen-bond acceptors (Lipinski definition) is 14. The standard InChI is InChI=1S/C53H88O14/c1-3-5-7-9-11-13-15-17-19-20-21-22-23-24-26-28-30-32-34-36-45(55)65-42(39-62-37-35-33-31-29-27-25-18-16-14-12-10-8-6-4-2)40-63-52-51(61)49(59)47(57)44(67-52)41-64-53-50(60)48(58)46(56)43(38-54)66-53/h6,8,11-14,17-19,21-22,25,29,31,42-44,46-54,56-61H,3-5,7,9-10,15-16,20,23-24,26-28,30,32-41H2,1-2H3/b8-6-,13-11-,14-12-,19-17-,22-21-,25-18-,31-29-. The van der Waals surface area contributed by atoms with E-state index in [1.54, 1.807) is 0 Å². The van der Waals surface area contributed by atoms with Crippen LogP contribution in [0.3, 0.4) is 0 Å². The Labute approximate surface area is 401 Å². The summed E-state index contributed by atoms with van der Waals surface area (Å²) >= 11 is 0. The van der Waals surface area contributed by atoms with Crippen LogP contribution in [0, 0.1) is 0 Å². The van der Waals surface area contributed by atoms with Gasteiger partial charge in [-0.05, 0) is 83.5 Å². The fourth-order valence-electron chi connectivity index (χ4n) is 7.29. The maximum atomic E-state index is 13.0. The Bertz CT molecular complexity index is 1430. The molecular weight excluding hydrogens is 861 g/mol. The second kappa shape index (κ2) is 40.0. The first-order valence-electron chi connectivity index (χ1n) is 25.2. The number of aliphatic hydroxyl groups excluding tert-OH is 7. The molecule has 7 N–H and O–H groups in total. The lowest BCUT2D eigenvalue weighted by molar-refractivity contribution is -0.332. The van der Waals surface area contributed by atoms with Crippen molar-refractivity contribution in [2.24, 2.45) is 0 Å². The minimum absolute atomic E-state index is 0.0128. The average molecular weight is 949 g/mol. The number of carbonyl (C=O) groups is 1. The molecule has 2 saturated heterocycles. The molecule has 0 saturated carbocycles. The number of carbonyl (C=O) groups excluding carboxylic acids is 1. The highest BCUT2D eigenvalue weighted by Crippen LogP contribution is 2.26. The zero-order valence-corrected chi connectivity index (χ0v) is 40.6. The molecule has 2 aliphatic rings. The van der Waals surface area contributed by atoms with Crippen LogP contribution >= 0.6 is 0 Å². The van der Waals surface area contributed by atoms with Crippen molar-refractivity contribution in [2.75, 3.05) is 33.0 Å². The number of hydrogen-bond donors (Lipinski definition) is 7. The summed E-state index contributed by atoms with van der Waals surface area (Å²) in [5.41, 5.74) is 0. The van der Waals surface area contributed by atoms with Crippen molar-refractivity contribution in [1.82, 2.24) is 0 Å². The summed E-state index contributed by atoms with van der Waals surface area (Å²) in [6, 6.07) is 0. The van der Waals surface area contributed by atoms with E-state index in [1.807, 2.05) is 0 Å². The summed E-state index contributed by atoms with van der Waals surface area (Å²) in [4.78, 5) is 13.0. The molecule has 2 heterocycles. The van der Waals surface area contributed by atoms with Crippen molar-refractivity contribution in [2.45, 2.75) is 210 Å². The number of esters is 1. The number of rotatable bonds is 38. The van der Waals surface area contributed by atoms with Gasteiger partial charge in [0.15, 0.2) is 12.6 Å². The number of unbranched alkanes of at least 4 members (excludes halogenated alkanes) is 10. The van der Waals surface area contributed by atoms with Gasteiger partial charge in [0.2, 0.25) is 0 Å². The molecule has 11 atom stereocenters. The first-order chi connectivity index (χ1) is 32.6. The van der Waals surface area contributed by atoms with Crippen LogP contribution in [0.5, 0.6) is 0 Å². The molecule has 2 aliphatic heterocycles. The summed E-state index contributed by atoms with van der Waals surface area (Å²) < 4.78 is 34.1. The average Bonchev–Trinajstić information content (AvgIpc) is 3.32. The fourth-order valence-corrected chi connectivity index (χ4v) is 7.29. The van der Waals surface area contributed by atoms with Gasteiger partial charge in [0, 0.05) is 13.0 Å². The second-order valence-corrected chi connectivity index (χ2v) is 17.3. The normalized spacial score (nSPS) is 26.8. The van der Waals surface area contributed by atoms with E-state index in [2.05, 4.69) is 98.9 Å². The van der Waals surface area contributed by atoms with E-state index in [4.69, 9.17) is 28.4 Å². The minimum Gasteiger partial charge on any atom is -0.457 e. The van der Waals surface area contributed by atoms with E-state index < -0.39 is 86.7 Å². The third kappa shape index (κ3) is 27.8. The molecule has 2 fully saturated rings. The zero-order valence-electron chi connectivity index (χ0n) is 40.6. The Morgan fingerprint density at radius 2 is 0.970 bits per heavy atom. The van der Waals surface area contributed by atoms with Gasteiger partial charge in [-0.25, -0.2) is 0 Å². The van der Waals surface area contributed by atoms with Gasteiger partial charge in [-0.2, -0.15) is 0 Å². The third-order valence-electron chi connectivity index (χ3n) is 11.4. The first-order valence-corrected chi connectivity index (χ1v) is 25.2. The van der Waals surface area contributed by atoms with Crippen LogP contribution in [0.25, 0.3) is 0 Å². The molecule has 67 heavy (non-hydrogen) atoms. The Morgan fingerprint density at radius 3 is 1.52 bits per heavy atom.